The lowest BCUT2D eigenvalue weighted by Gasteiger charge is -2.08. The van der Waals surface area contributed by atoms with Crippen LogP contribution in [0, 0.1) is 17.0 Å². The number of nitrogens with zero attached hydrogens (tertiary/aromatic N) is 4. The first kappa shape index (κ1) is 17.3. The SMILES string of the molecule is Cc1ccc(C(=O)Nc2ccc(-n3cnc4ccccc43)nc2)cc1[N+](=O)[O-]. The molecular weight excluding hydrogens is 358 g/mol. The molecule has 0 spiro atoms. The molecule has 138 valence electrons. The van der Waals surface area contributed by atoms with E-state index in [-0.39, 0.29) is 11.3 Å². The lowest BCUT2D eigenvalue weighted by atomic mass is 10.1. The monoisotopic (exact) mass is 373 g/mol. The molecule has 0 aliphatic rings. The molecule has 0 saturated carbocycles. The van der Waals surface area contributed by atoms with Crippen LogP contribution in [0.4, 0.5) is 11.4 Å². The van der Waals surface area contributed by atoms with Gasteiger partial charge in [0.15, 0.2) is 0 Å². The van der Waals surface area contributed by atoms with E-state index in [9.17, 15) is 14.9 Å². The summed E-state index contributed by atoms with van der Waals surface area (Å²) in [7, 11) is 0. The number of rotatable bonds is 4. The highest BCUT2D eigenvalue weighted by Crippen LogP contribution is 2.21. The highest BCUT2D eigenvalue weighted by atomic mass is 16.6. The Balaban J connectivity index is 1.56. The second-order valence-electron chi connectivity index (χ2n) is 6.22. The quantitative estimate of drug-likeness (QED) is 0.432. The fourth-order valence-corrected chi connectivity index (χ4v) is 2.89. The fourth-order valence-electron chi connectivity index (χ4n) is 2.89. The number of nitro groups is 1. The van der Waals surface area contributed by atoms with E-state index in [4.69, 9.17) is 0 Å². The Morgan fingerprint density at radius 1 is 1.11 bits per heavy atom. The number of para-hydroxylation sites is 2. The van der Waals surface area contributed by atoms with Crippen molar-refractivity contribution in [3.05, 3.63) is 88.4 Å². The summed E-state index contributed by atoms with van der Waals surface area (Å²) in [4.78, 5) is 31.7. The maximum Gasteiger partial charge on any atom is 0.273 e. The third-order valence-electron chi connectivity index (χ3n) is 4.37. The van der Waals surface area contributed by atoms with Crippen LogP contribution in [0.3, 0.4) is 0 Å². The second kappa shape index (κ2) is 6.92. The molecular formula is C20H15N5O3. The number of nitro benzene ring substituents is 1. The Hall–Kier alpha value is -4.07. The molecule has 0 fully saturated rings. The van der Waals surface area contributed by atoms with Crippen LogP contribution >= 0.6 is 0 Å². The van der Waals surface area contributed by atoms with Crippen LogP contribution in [0.25, 0.3) is 16.9 Å². The van der Waals surface area contributed by atoms with Gasteiger partial charge in [-0.1, -0.05) is 18.2 Å². The van der Waals surface area contributed by atoms with E-state index in [1.165, 1.54) is 12.3 Å². The fraction of sp³-hybridized carbons (Fsp3) is 0.0500. The lowest BCUT2D eigenvalue weighted by Crippen LogP contribution is -2.12. The minimum Gasteiger partial charge on any atom is -0.321 e. The maximum absolute atomic E-state index is 12.4. The molecule has 4 aromatic rings. The number of imidazole rings is 1. The average molecular weight is 373 g/mol. The normalized spacial score (nSPS) is 10.8. The predicted octanol–water partition coefficient (Wildman–Crippen LogP) is 3.89. The Labute approximate surface area is 159 Å². The number of carbonyl (C=O) groups is 1. The van der Waals surface area contributed by atoms with E-state index in [1.807, 2.05) is 28.8 Å². The zero-order valence-corrected chi connectivity index (χ0v) is 14.9. The van der Waals surface area contributed by atoms with Crippen molar-refractivity contribution in [2.75, 3.05) is 5.32 Å². The molecule has 0 unspecified atom stereocenters. The molecule has 4 rings (SSSR count). The lowest BCUT2D eigenvalue weighted by molar-refractivity contribution is -0.385. The molecule has 2 aromatic heterocycles. The van der Waals surface area contributed by atoms with E-state index in [0.29, 0.717) is 17.1 Å². The van der Waals surface area contributed by atoms with Crippen molar-refractivity contribution in [2.45, 2.75) is 6.92 Å². The van der Waals surface area contributed by atoms with Crippen molar-refractivity contribution >= 4 is 28.3 Å². The van der Waals surface area contributed by atoms with Gasteiger partial charge in [-0.3, -0.25) is 19.5 Å². The second-order valence-corrected chi connectivity index (χ2v) is 6.22. The van der Waals surface area contributed by atoms with E-state index in [2.05, 4.69) is 15.3 Å². The minimum absolute atomic E-state index is 0.0897. The van der Waals surface area contributed by atoms with Gasteiger partial charge in [0.2, 0.25) is 0 Å². The van der Waals surface area contributed by atoms with E-state index >= 15 is 0 Å². The Kier molecular flexibility index (Phi) is 4.29. The molecule has 2 heterocycles. The smallest absolute Gasteiger partial charge is 0.273 e. The molecule has 0 aliphatic heterocycles. The van der Waals surface area contributed by atoms with Gasteiger partial charge >= 0.3 is 0 Å². The number of amides is 1. The number of aromatic nitrogens is 3. The molecule has 1 N–H and O–H groups in total. The van der Waals surface area contributed by atoms with Crippen LogP contribution in [0.2, 0.25) is 0 Å². The molecule has 8 heteroatoms. The molecule has 0 aliphatic carbocycles. The first-order chi connectivity index (χ1) is 13.5. The third-order valence-corrected chi connectivity index (χ3v) is 4.37. The van der Waals surface area contributed by atoms with Gasteiger partial charge in [0.1, 0.15) is 12.1 Å². The number of fused-ring (bicyclic) bond motifs is 1. The van der Waals surface area contributed by atoms with Gasteiger partial charge in [-0.25, -0.2) is 9.97 Å². The number of carbonyl (C=O) groups excluding carboxylic acids is 1. The Morgan fingerprint density at radius 3 is 2.68 bits per heavy atom. The summed E-state index contributed by atoms with van der Waals surface area (Å²) in [5.41, 5.74) is 2.90. The highest BCUT2D eigenvalue weighted by Gasteiger charge is 2.15. The summed E-state index contributed by atoms with van der Waals surface area (Å²) in [6.07, 6.45) is 3.22. The molecule has 0 atom stereocenters. The van der Waals surface area contributed by atoms with Crippen LogP contribution < -0.4 is 5.32 Å². The predicted molar refractivity (Wildman–Crippen MR) is 105 cm³/mol. The molecule has 0 radical (unpaired) electrons. The van der Waals surface area contributed by atoms with Crippen molar-refractivity contribution in [3.8, 4) is 5.82 Å². The first-order valence-electron chi connectivity index (χ1n) is 8.48. The average Bonchev–Trinajstić information content (AvgIpc) is 3.13. The third kappa shape index (κ3) is 3.18. The topological polar surface area (TPSA) is 103 Å². The maximum atomic E-state index is 12.4. The summed E-state index contributed by atoms with van der Waals surface area (Å²) >= 11 is 0. The van der Waals surface area contributed by atoms with Gasteiger partial charge in [-0.05, 0) is 37.3 Å². The minimum atomic E-state index is -0.502. The van der Waals surface area contributed by atoms with Crippen molar-refractivity contribution in [2.24, 2.45) is 0 Å². The van der Waals surface area contributed by atoms with E-state index in [0.717, 1.165) is 11.0 Å². The van der Waals surface area contributed by atoms with Crippen molar-refractivity contribution in [1.29, 1.82) is 0 Å². The molecule has 2 aromatic carbocycles. The Bertz CT molecular complexity index is 1200. The van der Waals surface area contributed by atoms with Gasteiger partial charge in [0.25, 0.3) is 11.6 Å². The van der Waals surface area contributed by atoms with Gasteiger partial charge in [0, 0.05) is 17.2 Å². The van der Waals surface area contributed by atoms with Crippen molar-refractivity contribution < 1.29 is 9.72 Å². The molecule has 0 saturated heterocycles. The molecule has 1 amide bonds. The number of hydrogen-bond acceptors (Lipinski definition) is 5. The summed E-state index contributed by atoms with van der Waals surface area (Å²) in [5.74, 6) is 0.225. The highest BCUT2D eigenvalue weighted by molar-refractivity contribution is 6.04. The molecule has 0 bridgehead atoms. The number of hydrogen-bond donors (Lipinski definition) is 1. The summed E-state index contributed by atoms with van der Waals surface area (Å²) in [6.45, 7) is 1.63. The van der Waals surface area contributed by atoms with Crippen molar-refractivity contribution in [3.63, 3.8) is 0 Å². The zero-order valence-electron chi connectivity index (χ0n) is 14.9. The number of nitrogens with one attached hydrogen (secondary N) is 1. The number of pyridine rings is 1. The van der Waals surface area contributed by atoms with Gasteiger partial charge in [0.05, 0.1) is 27.8 Å². The Morgan fingerprint density at radius 2 is 1.93 bits per heavy atom. The molecule has 28 heavy (non-hydrogen) atoms. The van der Waals surface area contributed by atoms with Crippen LogP contribution in [0.15, 0.2) is 67.1 Å². The van der Waals surface area contributed by atoms with Crippen LogP contribution in [0.1, 0.15) is 15.9 Å². The van der Waals surface area contributed by atoms with Gasteiger partial charge in [-0.2, -0.15) is 0 Å². The summed E-state index contributed by atoms with van der Waals surface area (Å²) in [5, 5.41) is 13.8. The molecule has 8 nitrogen and oxygen atoms in total. The summed E-state index contributed by atoms with van der Waals surface area (Å²) < 4.78 is 1.85. The van der Waals surface area contributed by atoms with Crippen LogP contribution in [-0.2, 0) is 0 Å². The zero-order chi connectivity index (χ0) is 19.7. The summed E-state index contributed by atoms with van der Waals surface area (Å²) in [6, 6.07) is 15.6. The van der Waals surface area contributed by atoms with Gasteiger partial charge in [-0.15, -0.1) is 0 Å². The number of anilines is 1. The first-order valence-corrected chi connectivity index (χ1v) is 8.48. The standard InChI is InChI=1S/C20H15N5O3/c1-13-6-7-14(10-18(13)25(27)28)20(26)23-15-8-9-19(21-11-15)24-12-22-16-4-2-3-5-17(16)24/h2-12H,1H3,(H,23,26). The van der Waals surface area contributed by atoms with E-state index < -0.39 is 10.8 Å². The number of benzene rings is 2. The van der Waals surface area contributed by atoms with Crippen LogP contribution in [-0.4, -0.2) is 25.4 Å². The van der Waals surface area contributed by atoms with E-state index in [1.54, 1.807) is 37.5 Å². The number of aryl methyl sites for hydroxylation is 1. The van der Waals surface area contributed by atoms with Crippen molar-refractivity contribution in [1.82, 2.24) is 14.5 Å². The van der Waals surface area contributed by atoms with Crippen LogP contribution in [0.5, 0.6) is 0 Å². The largest absolute Gasteiger partial charge is 0.321 e. The van der Waals surface area contributed by atoms with Gasteiger partial charge < -0.3 is 5.32 Å².